The number of rotatable bonds is 6. The maximum absolute atomic E-state index is 12.7. The van der Waals surface area contributed by atoms with Crippen LogP contribution in [0.5, 0.6) is 17.2 Å². The number of hydrogen-bond donors (Lipinski definition) is 0. The van der Waals surface area contributed by atoms with E-state index in [1.165, 1.54) is 5.56 Å². The first-order valence-corrected chi connectivity index (χ1v) is 8.88. The summed E-state index contributed by atoms with van der Waals surface area (Å²) in [5.41, 5.74) is 3.33. The highest BCUT2D eigenvalue weighted by Crippen LogP contribution is 2.33. The smallest absolute Gasteiger partial charge is 0.227 e. The molecular weight excluding hydrogens is 330 g/mol. The molecule has 1 aliphatic rings. The zero-order valence-electron chi connectivity index (χ0n) is 15.6. The van der Waals surface area contributed by atoms with Crippen molar-refractivity contribution in [3.05, 3.63) is 53.1 Å². The SMILES string of the molecule is CCOc1ccc(CC(=O)N2CCc3cc(OC)c(OC)cc3C2)cc1. The average molecular weight is 355 g/mol. The van der Waals surface area contributed by atoms with E-state index in [0.29, 0.717) is 25.3 Å². The molecule has 0 aromatic heterocycles. The predicted molar refractivity (Wildman–Crippen MR) is 100.0 cm³/mol. The second-order valence-corrected chi connectivity index (χ2v) is 6.29. The van der Waals surface area contributed by atoms with Crippen LogP contribution in [0.25, 0.3) is 0 Å². The summed E-state index contributed by atoms with van der Waals surface area (Å²) in [6.07, 6.45) is 1.22. The molecule has 1 heterocycles. The topological polar surface area (TPSA) is 48.0 Å². The van der Waals surface area contributed by atoms with E-state index >= 15 is 0 Å². The molecule has 0 saturated heterocycles. The molecule has 0 saturated carbocycles. The summed E-state index contributed by atoms with van der Waals surface area (Å²) in [6, 6.07) is 11.7. The highest BCUT2D eigenvalue weighted by molar-refractivity contribution is 5.79. The van der Waals surface area contributed by atoms with Gasteiger partial charge in [-0.25, -0.2) is 0 Å². The maximum Gasteiger partial charge on any atom is 0.227 e. The van der Waals surface area contributed by atoms with E-state index in [-0.39, 0.29) is 5.91 Å². The van der Waals surface area contributed by atoms with E-state index in [1.54, 1.807) is 14.2 Å². The summed E-state index contributed by atoms with van der Waals surface area (Å²) in [5, 5.41) is 0. The third-order valence-electron chi connectivity index (χ3n) is 4.66. The van der Waals surface area contributed by atoms with Crippen molar-refractivity contribution in [1.82, 2.24) is 4.90 Å². The zero-order valence-corrected chi connectivity index (χ0v) is 15.6. The van der Waals surface area contributed by atoms with Crippen LogP contribution in [0.3, 0.4) is 0 Å². The van der Waals surface area contributed by atoms with Crippen molar-refractivity contribution in [3.63, 3.8) is 0 Å². The molecule has 5 nitrogen and oxygen atoms in total. The van der Waals surface area contributed by atoms with Crippen molar-refractivity contribution in [2.75, 3.05) is 27.4 Å². The lowest BCUT2D eigenvalue weighted by atomic mass is 9.98. The molecule has 0 spiro atoms. The summed E-state index contributed by atoms with van der Waals surface area (Å²) in [5.74, 6) is 2.40. The summed E-state index contributed by atoms with van der Waals surface area (Å²) >= 11 is 0. The van der Waals surface area contributed by atoms with Crippen LogP contribution in [0, 0.1) is 0 Å². The summed E-state index contributed by atoms with van der Waals surface area (Å²) in [7, 11) is 3.27. The summed E-state index contributed by atoms with van der Waals surface area (Å²) < 4.78 is 16.2. The Morgan fingerprint density at radius 3 is 2.31 bits per heavy atom. The molecule has 0 aliphatic carbocycles. The molecule has 5 heteroatoms. The van der Waals surface area contributed by atoms with Crippen LogP contribution >= 0.6 is 0 Å². The monoisotopic (exact) mass is 355 g/mol. The van der Waals surface area contributed by atoms with Gasteiger partial charge in [-0.05, 0) is 54.3 Å². The maximum atomic E-state index is 12.7. The third-order valence-corrected chi connectivity index (χ3v) is 4.66. The third kappa shape index (κ3) is 3.93. The van der Waals surface area contributed by atoms with Crippen LogP contribution in [0.4, 0.5) is 0 Å². The molecule has 138 valence electrons. The number of ether oxygens (including phenoxy) is 3. The van der Waals surface area contributed by atoms with Crippen molar-refractivity contribution >= 4 is 5.91 Å². The van der Waals surface area contributed by atoms with Crippen LogP contribution in [0.1, 0.15) is 23.6 Å². The van der Waals surface area contributed by atoms with E-state index in [1.807, 2.05) is 48.2 Å². The number of benzene rings is 2. The first-order valence-electron chi connectivity index (χ1n) is 8.88. The quantitative estimate of drug-likeness (QED) is 0.798. The van der Waals surface area contributed by atoms with Crippen molar-refractivity contribution in [1.29, 1.82) is 0 Å². The van der Waals surface area contributed by atoms with Crippen LogP contribution < -0.4 is 14.2 Å². The van der Waals surface area contributed by atoms with Gasteiger partial charge in [-0.2, -0.15) is 0 Å². The molecule has 2 aromatic rings. The van der Waals surface area contributed by atoms with Crippen molar-refractivity contribution in [2.45, 2.75) is 26.3 Å². The fourth-order valence-electron chi connectivity index (χ4n) is 3.25. The Bertz CT molecular complexity index is 770. The fraction of sp³-hybridized carbons (Fsp3) is 0.381. The Kier molecular flexibility index (Phi) is 5.66. The summed E-state index contributed by atoms with van der Waals surface area (Å²) in [4.78, 5) is 14.6. The van der Waals surface area contributed by atoms with E-state index in [0.717, 1.165) is 35.6 Å². The zero-order chi connectivity index (χ0) is 18.5. The molecule has 3 rings (SSSR count). The first-order chi connectivity index (χ1) is 12.6. The molecule has 0 bridgehead atoms. The van der Waals surface area contributed by atoms with Crippen LogP contribution in [0.15, 0.2) is 36.4 Å². The summed E-state index contributed by atoms with van der Waals surface area (Å²) in [6.45, 7) is 3.92. The molecule has 1 aliphatic heterocycles. The number of amides is 1. The molecule has 0 unspecified atom stereocenters. The van der Waals surface area contributed by atoms with Crippen molar-refractivity contribution < 1.29 is 19.0 Å². The van der Waals surface area contributed by atoms with Gasteiger partial charge in [0.1, 0.15) is 5.75 Å². The van der Waals surface area contributed by atoms with Gasteiger partial charge in [0.2, 0.25) is 5.91 Å². The number of hydrogen-bond acceptors (Lipinski definition) is 4. The predicted octanol–water partition coefficient (Wildman–Crippen LogP) is 3.23. The van der Waals surface area contributed by atoms with Crippen molar-refractivity contribution in [2.24, 2.45) is 0 Å². The molecule has 0 atom stereocenters. The number of carbonyl (C=O) groups is 1. The van der Waals surface area contributed by atoms with Crippen LogP contribution in [-0.2, 0) is 24.2 Å². The highest BCUT2D eigenvalue weighted by Gasteiger charge is 2.22. The number of fused-ring (bicyclic) bond motifs is 1. The highest BCUT2D eigenvalue weighted by atomic mass is 16.5. The van der Waals surface area contributed by atoms with E-state index < -0.39 is 0 Å². The lowest BCUT2D eigenvalue weighted by molar-refractivity contribution is -0.131. The van der Waals surface area contributed by atoms with Crippen LogP contribution in [0.2, 0.25) is 0 Å². The van der Waals surface area contributed by atoms with Gasteiger partial charge in [0.25, 0.3) is 0 Å². The standard InChI is InChI=1S/C21H25NO4/c1-4-26-18-7-5-15(6-8-18)11-21(23)22-10-9-16-12-19(24-2)20(25-3)13-17(16)14-22/h5-8,12-13H,4,9-11,14H2,1-3H3. The van der Waals surface area contributed by atoms with Crippen molar-refractivity contribution in [3.8, 4) is 17.2 Å². The Labute approximate surface area is 154 Å². The van der Waals surface area contributed by atoms with E-state index in [2.05, 4.69) is 0 Å². The number of carbonyl (C=O) groups excluding carboxylic acids is 1. The van der Waals surface area contributed by atoms with Gasteiger partial charge >= 0.3 is 0 Å². The molecule has 0 fully saturated rings. The molecule has 26 heavy (non-hydrogen) atoms. The normalized spacial score (nSPS) is 13.1. The fourth-order valence-corrected chi connectivity index (χ4v) is 3.25. The minimum Gasteiger partial charge on any atom is -0.494 e. The molecule has 1 amide bonds. The lowest BCUT2D eigenvalue weighted by Crippen LogP contribution is -2.36. The van der Waals surface area contributed by atoms with Gasteiger partial charge in [-0.3, -0.25) is 4.79 Å². The van der Waals surface area contributed by atoms with E-state index in [4.69, 9.17) is 14.2 Å². The minimum atomic E-state index is 0.134. The van der Waals surface area contributed by atoms with Gasteiger partial charge in [-0.1, -0.05) is 12.1 Å². The van der Waals surface area contributed by atoms with Gasteiger partial charge in [-0.15, -0.1) is 0 Å². The lowest BCUT2D eigenvalue weighted by Gasteiger charge is -2.29. The van der Waals surface area contributed by atoms with Gasteiger partial charge < -0.3 is 19.1 Å². The Hall–Kier alpha value is -2.69. The largest absolute Gasteiger partial charge is 0.494 e. The molecule has 2 aromatic carbocycles. The van der Waals surface area contributed by atoms with Gasteiger partial charge in [0.15, 0.2) is 11.5 Å². The second kappa shape index (κ2) is 8.13. The first kappa shape index (κ1) is 18.1. The van der Waals surface area contributed by atoms with Gasteiger partial charge in [0, 0.05) is 13.1 Å². The Morgan fingerprint density at radius 2 is 1.69 bits per heavy atom. The Balaban J connectivity index is 1.68. The minimum absolute atomic E-state index is 0.134. The average Bonchev–Trinajstić information content (AvgIpc) is 2.68. The molecular formula is C21H25NO4. The second-order valence-electron chi connectivity index (χ2n) is 6.29. The Morgan fingerprint density at radius 1 is 1.04 bits per heavy atom. The number of methoxy groups -OCH3 is 2. The molecule has 0 radical (unpaired) electrons. The van der Waals surface area contributed by atoms with Gasteiger partial charge in [0.05, 0.1) is 27.2 Å². The van der Waals surface area contributed by atoms with Crippen LogP contribution in [-0.4, -0.2) is 38.2 Å². The molecule has 0 N–H and O–H groups in total. The van der Waals surface area contributed by atoms with E-state index in [9.17, 15) is 4.79 Å². The number of nitrogens with zero attached hydrogens (tertiary/aromatic N) is 1.